The fraction of sp³-hybridized carbons (Fsp3) is 0.250. The lowest BCUT2D eigenvalue weighted by Crippen LogP contribution is -2.35. The van der Waals surface area contributed by atoms with Gasteiger partial charge in [0.2, 0.25) is 0 Å². The number of nitrogens with zero attached hydrogens (tertiary/aromatic N) is 3. The molecule has 0 saturated carbocycles. The molecule has 1 atom stereocenters. The Morgan fingerprint density at radius 2 is 1.96 bits per heavy atom. The van der Waals surface area contributed by atoms with Gasteiger partial charge in [0.25, 0.3) is 5.91 Å². The summed E-state index contributed by atoms with van der Waals surface area (Å²) in [5, 5.41) is 7.18. The van der Waals surface area contributed by atoms with Crippen LogP contribution < -0.4 is 0 Å². The number of carbonyl (C=O) groups excluding carboxylic acids is 1. The minimum atomic E-state index is -0.0195. The smallest absolute Gasteiger partial charge is 0.253 e. The van der Waals surface area contributed by atoms with Crippen molar-refractivity contribution in [1.29, 1.82) is 5.41 Å². The quantitative estimate of drug-likeness (QED) is 0.700. The van der Waals surface area contributed by atoms with Crippen molar-refractivity contribution in [3.63, 3.8) is 0 Å². The third kappa shape index (κ3) is 3.60. The monoisotopic (exact) mass is 334 g/mol. The maximum Gasteiger partial charge on any atom is 0.253 e. The van der Waals surface area contributed by atoms with Crippen LogP contribution in [-0.2, 0) is 6.54 Å². The molecule has 5 nitrogen and oxygen atoms in total. The second-order valence-electron chi connectivity index (χ2n) is 6.26. The summed E-state index contributed by atoms with van der Waals surface area (Å²) in [4.78, 5) is 18.6. The zero-order chi connectivity index (χ0) is 17.8. The number of nitrogens with one attached hydrogen (secondary N) is 1. The molecule has 2 aromatic carbocycles. The van der Waals surface area contributed by atoms with Gasteiger partial charge in [-0.05, 0) is 43.0 Å². The Morgan fingerprint density at radius 1 is 1.24 bits per heavy atom. The van der Waals surface area contributed by atoms with Crippen molar-refractivity contribution >= 4 is 23.2 Å². The zero-order valence-corrected chi connectivity index (χ0v) is 14.5. The number of benzene rings is 2. The van der Waals surface area contributed by atoms with E-state index in [2.05, 4.69) is 15.6 Å². The van der Waals surface area contributed by atoms with Crippen LogP contribution in [0.1, 0.15) is 29.3 Å². The fourth-order valence-corrected chi connectivity index (χ4v) is 2.82. The molecule has 3 rings (SSSR count). The number of fused-ring (bicyclic) bond motifs is 1. The summed E-state index contributed by atoms with van der Waals surface area (Å²) >= 11 is 0. The summed E-state index contributed by atoms with van der Waals surface area (Å²) < 4.78 is 2.10. The van der Waals surface area contributed by atoms with Crippen LogP contribution in [0.15, 0.2) is 54.9 Å². The summed E-state index contributed by atoms with van der Waals surface area (Å²) in [6.07, 6.45) is 3.75. The molecule has 1 aromatic heterocycles. The third-order valence-electron chi connectivity index (χ3n) is 4.52. The van der Waals surface area contributed by atoms with Crippen LogP contribution in [0, 0.1) is 5.41 Å². The Balaban J connectivity index is 1.74. The van der Waals surface area contributed by atoms with Crippen LogP contribution >= 0.6 is 0 Å². The summed E-state index contributed by atoms with van der Waals surface area (Å²) in [6, 6.07) is 15.8. The molecule has 0 aliphatic rings. The Bertz CT molecular complexity index is 882. The normalized spacial score (nSPS) is 12.1. The van der Waals surface area contributed by atoms with Crippen LogP contribution in [0.3, 0.4) is 0 Å². The van der Waals surface area contributed by atoms with Crippen molar-refractivity contribution in [2.45, 2.75) is 25.9 Å². The van der Waals surface area contributed by atoms with Gasteiger partial charge in [-0.15, -0.1) is 0 Å². The minimum absolute atomic E-state index is 0.0157. The van der Waals surface area contributed by atoms with Crippen LogP contribution in [0.2, 0.25) is 0 Å². The standard InChI is InChI=1S/C20H22N4O/c1-15(11-12-21)23(2)20(25)17-9-7-16(8-10-17)13-24-14-22-18-5-3-4-6-19(18)24/h3-10,12,14-15,21H,11,13H2,1-2H3. The number of imidazole rings is 1. The second-order valence-corrected chi connectivity index (χ2v) is 6.26. The lowest BCUT2D eigenvalue weighted by Gasteiger charge is -2.23. The molecule has 3 aromatic rings. The molecule has 25 heavy (non-hydrogen) atoms. The Hall–Kier alpha value is -2.95. The third-order valence-corrected chi connectivity index (χ3v) is 4.52. The molecular weight excluding hydrogens is 312 g/mol. The molecule has 1 N–H and O–H groups in total. The van der Waals surface area contributed by atoms with Crippen LogP contribution in [-0.4, -0.2) is 39.7 Å². The molecule has 1 unspecified atom stereocenters. The number of hydrogen-bond acceptors (Lipinski definition) is 3. The highest BCUT2D eigenvalue weighted by molar-refractivity contribution is 5.94. The lowest BCUT2D eigenvalue weighted by molar-refractivity contribution is 0.0748. The molecule has 0 radical (unpaired) electrons. The summed E-state index contributed by atoms with van der Waals surface area (Å²) in [5.74, 6) is -0.0195. The van der Waals surface area contributed by atoms with Gasteiger partial charge in [-0.2, -0.15) is 0 Å². The Labute approximate surface area is 147 Å². The molecule has 5 heteroatoms. The summed E-state index contributed by atoms with van der Waals surface area (Å²) in [6.45, 7) is 2.66. The highest BCUT2D eigenvalue weighted by Crippen LogP contribution is 2.15. The predicted octanol–water partition coefficient (Wildman–Crippen LogP) is 3.58. The number of amides is 1. The van der Waals surface area contributed by atoms with Gasteiger partial charge in [0.05, 0.1) is 17.4 Å². The van der Waals surface area contributed by atoms with E-state index < -0.39 is 0 Å². The van der Waals surface area contributed by atoms with Crippen molar-refractivity contribution in [2.75, 3.05) is 7.05 Å². The first-order valence-corrected chi connectivity index (χ1v) is 8.35. The van der Waals surface area contributed by atoms with E-state index in [4.69, 9.17) is 5.41 Å². The number of para-hydroxylation sites is 2. The number of carbonyl (C=O) groups is 1. The molecule has 1 amide bonds. The predicted molar refractivity (Wildman–Crippen MR) is 100 cm³/mol. The van der Waals surface area contributed by atoms with Gasteiger partial charge in [0.15, 0.2) is 0 Å². The van der Waals surface area contributed by atoms with Gasteiger partial charge < -0.3 is 14.9 Å². The maximum absolute atomic E-state index is 12.5. The van der Waals surface area contributed by atoms with E-state index in [0.717, 1.165) is 23.1 Å². The maximum atomic E-state index is 12.5. The van der Waals surface area contributed by atoms with Gasteiger partial charge in [-0.3, -0.25) is 4.79 Å². The van der Waals surface area contributed by atoms with Crippen molar-refractivity contribution in [1.82, 2.24) is 14.5 Å². The zero-order valence-electron chi connectivity index (χ0n) is 14.5. The average Bonchev–Trinajstić information content (AvgIpc) is 3.04. The van der Waals surface area contributed by atoms with Crippen LogP contribution in [0.25, 0.3) is 11.0 Å². The first-order chi connectivity index (χ1) is 12.1. The molecule has 0 spiro atoms. The van der Waals surface area contributed by atoms with E-state index in [1.807, 2.05) is 55.7 Å². The molecular formula is C20H22N4O. The second kappa shape index (κ2) is 7.30. The van der Waals surface area contributed by atoms with Crippen molar-refractivity contribution in [2.24, 2.45) is 0 Å². The molecule has 0 bridgehead atoms. The van der Waals surface area contributed by atoms with Crippen molar-refractivity contribution in [3.05, 3.63) is 66.0 Å². The summed E-state index contributed by atoms with van der Waals surface area (Å²) in [7, 11) is 1.78. The lowest BCUT2D eigenvalue weighted by atomic mass is 10.1. The van der Waals surface area contributed by atoms with Gasteiger partial charge in [0.1, 0.15) is 0 Å². The van der Waals surface area contributed by atoms with E-state index in [9.17, 15) is 4.79 Å². The first kappa shape index (κ1) is 16.9. The number of aromatic nitrogens is 2. The molecule has 0 saturated heterocycles. The van der Waals surface area contributed by atoms with Gasteiger partial charge in [-0.25, -0.2) is 4.98 Å². The van der Waals surface area contributed by atoms with E-state index >= 15 is 0 Å². The number of hydrogen-bond donors (Lipinski definition) is 1. The fourth-order valence-electron chi connectivity index (χ4n) is 2.82. The van der Waals surface area contributed by atoms with Crippen LogP contribution in [0.4, 0.5) is 0 Å². The van der Waals surface area contributed by atoms with Gasteiger partial charge >= 0.3 is 0 Å². The molecule has 0 aliphatic carbocycles. The molecule has 1 heterocycles. The van der Waals surface area contributed by atoms with E-state index in [0.29, 0.717) is 12.0 Å². The Kier molecular flexibility index (Phi) is 4.93. The molecule has 128 valence electrons. The highest BCUT2D eigenvalue weighted by Gasteiger charge is 2.16. The molecule has 0 fully saturated rings. The van der Waals surface area contributed by atoms with Gasteiger partial charge in [0, 0.05) is 31.6 Å². The largest absolute Gasteiger partial charge is 0.339 e. The highest BCUT2D eigenvalue weighted by atomic mass is 16.2. The SMILES string of the molecule is CC(CC=N)N(C)C(=O)c1ccc(Cn2cnc3ccccc32)cc1. The summed E-state index contributed by atoms with van der Waals surface area (Å²) in [5.41, 5.74) is 3.87. The van der Waals surface area contributed by atoms with E-state index in [1.165, 1.54) is 6.21 Å². The Morgan fingerprint density at radius 3 is 2.68 bits per heavy atom. The number of rotatable bonds is 6. The first-order valence-electron chi connectivity index (χ1n) is 8.35. The van der Waals surface area contributed by atoms with E-state index in [1.54, 1.807) is 11.9 Å². The minimum Gasteiger partial charge on any atom is -0.339 e. The average molecular weight is 334 g/mol. The van der Waals surface area contributed by atoms with Crippen molar-refractivity contribution in [3.8, 4) is 0 Å². The van der Waals surface area contributed by atoms with Gasteiger partial charge in [-0.1, -0.05) is 24.3 Å². The van der Waals surface area contributed by atoms with Crippen LogP contribution in [0.5, 0.6) is 0 Å². The van der Waals surface area contributed by atoms with Crippen molar-refractivity contribution < 1.29 is 4.79 Å². The van der Waals surface area contributed by atoms with E-state index in [-0.39, 0.29) is 11.9 Å². The molecule has 0 aliphatic heterocycles. The topological polar surface area (TPSA) is 62.0 Å².